The van der Waals surface area contributed by atoms with Gasteiger partial charge in [0.1, 0.15) is 12.3 Å². The van der Waals surface area contributed by atoms with Gasteiger partial charge in [0.15, 0.2) is 0 Å². The molecular formula is C24H32N3O2+. The molecule has 2 heterocycles. The van der Waals surface area contributed by atoms with Gasteiger partial charge in [-0.2, -0.15) is 0 Å². The molecule has 0 saturated carbocycles. The number of ether oxygens (including phenoxy) is 1. The van der Waals surface area contributed by atoms with Crippen LogP contribution in [0.25, 0.3) is 0 Å². The highest BCUT2D eigenvalue weighted by molar-refractivity contribution is 5.89. The van der Waals surface area contributed by atoms with Crippen LogP contribution in [0, 0.1) is 6.92 Å². The van der Waals surface area contributed by atoms with Crippen LogP contribution in [0.15, 0.2) is 48.5 Å². The molecule has 2 saturated heterocycles. The van der Waals surface area contributed by atoms with Gasteiger partial charge in [0.2, 0.25) is 0 Å². The van der Waals surface area contributed by atoms with Gasteiger partial charge in [-0.15, -0.1) is 0 Å². The van der Waals surface area contributed by atoms with E-state index < -0.39 is 0 Å². The standard InChI is InChI=1S/C24H31N3O2/c1-17-5-3-6-19(13-17)25-24(28)26-20-14-21-7-4-8-22(15-20)27(21)16-18-9-11-23(29-2)12-10-18/h3,5-6,9-13,20-22H,4,7-8,14-16H2,1-2H3,(H2,25,26,28)/p+1/t20?,21-,22+. The number of anilines is 1. The van der Waals surface area contributed by atoms with Crippen molar-refractivity contribution in [3.05, 3.63) is 59.7 Å². The maximum Gasteiger partial charge on any atom is 0.319 e. The van der Waals surface area contributed by atoms with Crippen molar-refractivity contribution in [2.75, 3.05) is 12.4 Å². The van der Waals surface area contributed by atoms with Crippen molar-refractivity contribution >= 4 is 11.7 Å². The second-order valence-electron chi connectivity index (χ2n) is 8.56. The largest absolute Gasteiger partial charge is 0.497 e. The lowest BCUT2D eigenvalue weighted by Gasteiger charge is -2.46. The highest BCUT2D eigenvalue weighted by Crippen LogP contribution is 2.23. The molecule has 4 atom stereocenters. The number of benzene rings is 2. The summed E-state index contributed by atoms with van der Waals surface area (Å²) in [5, 5.41) is 6.22. The van der Waals surface area contributed by atoms with Crippen LogP contribution in [0.2, 0.25) is 0 Å². The van der Waals surface area contributed by atoms with E-state index in [2.05, 4.69) is 34.9 Å². The molecule has 0 radical (unpaired) electrons. The summed E-state index contributed by atoms with van der Waals surface area (Å²) in [6.07, 6.45) is 5.93. The van der Waals surface area contributed by atoms with Crippen molar-refractivity contribution in [1.82, 2.24) is 5.32 Å². The molecule has 0 spiro atoms. The first-order chi connectivity index (χ1) is 14.1. The summed E-state index contributed by atoms with van der Waals surface area (Å²) in [6, 6.07) is 17.8. The Labute approximate surface area is 173 Å². The molecule has 29 heavy (non-hydrogen) atoms. The van der Waals surface area contributed by atoms with Gasteiger partial charge in [-0.25, -0.2) is 4.79 Å². The average molecular weight is 395 g/mol. The van der Waals surface area contributed by atoms with E-state index in [9.17, 15) is 4.79 Å². The Morgan fingerprint density at radius 2 is 1.83 bits per heavy atom. The Balaban J connectivity index is 1.35. The molecule has 2 unspecified atom stereocenters. The lowest BCUT2D eigenvalue weighted by atomic mass is 9.81. The van der Waals surface area contributed by atoms with Crippen LogP contribution < -0.4 is 20.3 Å². The molecule has 2 bridgehead atoms. The first-order valence-electron chi connectivity index (χ1n) is 10.7. The average Bonchev–Trinajstić information content (AvgIpc) is 2.69. The molecule has 2 amide bonds. The SMILES string of the molecule is COc1ccc(C[NH+]2[C@@H]3CCC[C@H]2CC(NC(=O)Nc2cccc(C)c2)C3)cc1. The highest BCUT2D eigenvalue weighted by Gasteiger charge is 2.42. The maximum atomic E-state index is 12.5. The lowest BCUT2D eigenvalue weighted by molar-refractivity contribution is -0.973. The number of amides is 2. The Hall–Kier alpha value is -2.53. The summed E-state index contributed by atoms with van der Waals surface area (Å²) in [5.41, 5.74) is 3.36. The van der Waals surface area contributed by atoms with Crippen molar-refractivity contribution in [3.63, 3.8) is 0 Å². The van der Waals surface area contributed by atoms with E-state index in [1.165, 1.54) is 24.8 Å². The van der Waals surface area contributed by atoms with E-state index in [-0.39, 0.29) is 12.1 Å². The van der Waals surface area contributed by atoms with Gasteiger partial charge in [-0.1, -0.05) is 12.1 Å². The second-order valence-corrected chi connectivity index (χ2v) is 8.56. The fourth-order valence-corrected chi connectivity index (χ4v) is 5.10. The summed E-state index contributed by atoms with van der Waals surface area (Å²) < 4.78 is 5.28. The van der Waals surface area contributed by atoms with Crippen LogP contribution >= 0.6 is 0 Å². The molecule has 2 aromatic rings. The Kier molecular flexibility index (Phi) is 6.05. The van der Waals surface area contributed by atoms with Gasteiger partial charge in [-0.05, 0) is 68.1 Å². The molecule has 2 aliphatic heterocycles. The quantitative estimate of drug-likeness (QED) is 0.729. The third-order valence-corrected chi connectivity index (χ3v) is 6.47. The van der Waals surface area contributed by atoms with Gasteiger partial charge >= 0.3 is 6.03 Å². The molecule has 4 rings (SSSR count). The Morgan fingerprint density at radius 1 is 1.10 bits per heavy atom. The van der Waals surface area contributed by atoms with Gasteiger partial charge in [0.25, 0.3) is 0 Å². The zero-order valence-corrected chi connectivity index (χ0v) is 17.4. The monoisotopic (exact) mass is 394 g/mol. The Morgan fingerprint density at radius 3 is 2.48 bits per heavy atom. The number of fused-ring (bicyclic) bond motifs is 2. The van der Waals surface area contributed by atoms with Crippen LogP contribution in [0.4, 0.5) is 10.5 Å². The van der Waals surface area contributed by atoms with Gasteiger partial charge in [0, 0.05) is 30.1 Å². The van der Waals surface area contributed by atoms with E-state index in [1.54, 1.807) is 12.0 Å². The van der Waals surface area contributed by atoms with Crippen LogP contribution in [0.1, 0.15) is 43.2 Å². The number of hydrogen-bond donors (Lipinski definition) is 3. The van der Waals surface area contributed by atoms with Crippen molar-refractivity contribution in [1.29, 1.82) is 0 Å². The second kappa shape index (κ2) is 8.87. The summed E-state index contributed by atoms with van der Waals surface area (Å²) in [5.74, 6) is 0.909. The fraction of sp³-hybridized carbons (Fsp3) is 0.458. The zero-order valence-electron chi connectivity index (χ0n) is 17.4. The number of methoxy groups -OCH3 is 1. The number of hydrogen-bond acceptors (Lipinski definition) is 2. The molecule has 3 N–H and O–H groups in total. The van der Waals surface area contributed by atoms with Crippen LogP contribution in [-0.4, -0.2) is 31.3 Å². The minimum absolute atomic E-state index is 0.0859. The third-order valence-electron chi connectivity index (χ3n) is 6.47. The molecule has 2 aromatic carbocycles. The molecular weight excluding hydrogens is 362 g/mol. The first kappa shape index (κ1) is 19.8. The number of aryl methyl sites for hydroxylation is 1. The number of carbonyl (C=O) groups is 1. The maximum absolute atomic E-state index is 12.5. The first-order valence-corrected chi connectivity index (χ1v) is 10.7. The predicted octanol–water partition coefficient (Wildman–Crippen LogP) is 3.29. The summed E-state index contributed by atoms with van der Waals surface area (Å²) in [7, 11) is 1.71. The van der Waals surface area contributed by atoms with E-state index in [4.69, 9.17) is 4.74 Å². The Bertz CT molecular complexity index is 822. The molecule has 2 fully saturated rings. The minimum Gasteiger partial charge on any atom is -0.497 e. The number of nitrogens with one attached hydrogen (secondary N) is 3. The van der Waals surface area contributed by atoms with Crippen molar-refractivity contribution in [2.24, 2.45) is 0 Å². The van der Waals surface area contributed by atoms with E-state index >= 15 is 0 Å². The summed E-state index contributed by atoms with van der Waals surface area (Å²) in [4.78, 5) is 14.2. The molecule has 0 aliphatic carbocycles. The van der Waals surface area contributed by atoms with E-state index in [0.29, 0.717) is 12.1 Å². The lowest BCUT2D eigenvalue weighted by Crippen LogP contribution is -3.20. The summed E-state index contributed by atoms with van der Waals surface area (Å²) >= 11 is 0. The zero-order chi connectivity index (χ0) is 20.2. The number of piperidine rings is 2. The molecule has 5 heteroatoms. The summed E-state index contributed by atoms with van der Waals surface area (Å²) in [6.45, 7) is 3.09. The van der Waals surface area contributed by atoms with Crippen LogP contribution in [-0.2, 0) is 6.54 Å². The van der Waals surface area contributed by atoms with Crippen molar-refractivity contribution in [3.8, 4) is 5.75 Å². The number of carbonyl (C=O) groups excluding carboxylic acids is 1. The van der Waals surface area contributed by atoms with Gasteiger partial charge in [0.05, 0.1) is 19.2 Å². The van der Waals surface area contributed by atoms with Crippen LogP contribution in [0.5, 0.6) is 5.75 Å². The van der Waals surface area contributed by atoms with Crippen LogP contribution in [0.3, 0.4) is 0 Å². The number of rotatable bonds is 5. The van der Waals surface area contributed by atoms with Gasteiger partial charge < -0.3 is 20.3 Å². The van der Waals surface area contributed by atoms with Crippen molar-refractivity contribution < 1.29 is 14.4 Å². The smallest absolute Gasteiger partial charge is 0.319 e. The highest BCUT2D eigenvalue weighted by atomic mass is 16.5. The number of urea groups is 1. The fourth-order valence-electron chi connectivity index (χ4n) is 5.10. The van der Waals surface area contributed by atoms with Gasteiger partial charge in [-0.3, -0.25) is 0 Å². The topological polar surface area (TPSA) is 54.8 Å². The van der Waals surface area contributed by atoms with E-state index in [1.807, 2.05) is 31.2 Å². The minimum atomic E-state index is -0.0859. The third kappa shape index (κ3) is 4.91. The molecule has 5 nitrogen and oxygen atoms in total. The predicted molar refractivity (Wildman–Crippen MR) is 115 cm³/mol. The molecule has 2 aliphatic rings. The number of quaternary nitrogens is 1. The van der Waals surface area contributed by atoms with E-state index in [0.717, 1.165) is 36.4 Å². The van der Waals surface area contributed by atoms with Crippen molar-refractivity contribution in [2.45, 2.75) is 63.7 Å². The molecule has 0 aromatic heterocycles. The normalized spacial score (nSPS) is 25.9. The molecule has 154 valence electrons.